The number of carbonyl (C=O) groups excluding carboxylic acids is 2. The van der Waals surface area contributed by atoms with Crippen LogP contribution in [0.25, 0.3) is 0 Å². The second kappa shape index (κ2) is 5.69. The molecule has 1 fully saturated rings. The fourth-order valence-corrected chi connectivity index (χ4v) is 1.84. The van der Waals surface area contributed by atoms with E-state index in [2.05, 4.69) is 21.2 Å². The Labute approximate surface area is 118 Å². The fraction of sp³-hybridized carbons (Fsp3) is 0.385. The van der Waals surface area contributed by atoms with E-state index in [0.29, 0.717) is 4.47 Å². The van der Waals surface area contributed by atoms with E-state index in [1.165, 1.54) is 19.1 Å². The normalized spacial score (nSPS) is 15.7. The maximum atomic E-state index is 13.5. The van der Waals surface area contributed by atoms with Gasteiger partial charge in [-0.1, -0.05) is 15.9 Å². The summed E-state index contributed by atoms with van der Waals surface area (Å²) in [6, 6.07) is 4.16. The van der Waals surface area contributed by atoms with Crippen molar-refractivity contribution in [1.82, 2.24) is 5.32 Å². The van der Waals surface area contributed by atoms with E-state index in [0.717, 1.165) is 18.9 Å². The minimum absolute atomic E-state index is 0.191. The number of hydrogen-bond acceptors (Lipinski definition) is 3. The predicted molar refractivity (Wildman–Crippen MR) is 70.1 cm³/mol. The maximum absolute atomic E-state index is 13.5. The topological polar surface area (TPSA) is 55.4 Å². The largest absolute Gasteiger partial charge is 0.449 e. The summed E-state index contributed by atoms with van der Waals surface area (Å²) < 4.78 is 19.0. The van der Waals surface area contributed by atoms with E-state index in [9.17, 15) is 14.0 Å². The molecule has 1 N–H and O–H groups in total. The first kappa shape index (κ1) is 14.0. The molecular formula is C13H13BrFNO3. The number of benzene rings is 1. The fourth-order valence-electron chi connectivity index (χ4n) is 1.48. The average Bonchev–Trinajstić information content (AvgIpc) is 3.15. The first-order valence-corrected chi connectivity index (χ1v) is 6.73. The molecule has 0 bridgehead atoms. The summed E-state index contributed by atoms with van der Waals surface area (Å²) in [5.41, 5.74) is -0.194. The first-order valence-electron chi connectivity index (χ1n) is 5.94. The van der Waals surface area contributed by atoms with Crippen molar-refractivity contribution in [2.45, 2.75) is 31.9 Å². The van der Waals surface area contributed by atoms with Gasteiger partial charge in [0, 0.05) is 10.5 Å². The van der Waals surface area contributed by atoms with E-state index in [1.54, 1.807) is 0 Å². The average molecular weight is 330 g/mol. The molecule has 1 amide bonds. The van der Waals surface area contributed by atoms with Crippen LogP contribution in [0.1, 0.15) is 30.1 Å². The lowest BCUT2D eigenvalue weighted by Crippen LogP contribution is -2.37. The molecular weight excluding hydrogens is 317 g/mol. The molecule has 0 saturated heterocycles. The summed E-state index contributed by atoms with van der Waals surface area (Å²) in [4.78, 5) is 23.4. The van der Waals surface area contributed by atoms with E-state index < -0.39 is 17.9 Å². The zero-order valence-electron chi connectivity index (χ0n) is 10.3. The van der Waals surface area contributed by atoms with Crippen molar-refractivity contribution in [2.75, 3.05) is 0 Å². The summed E-state index contributed by atoms with van der Waals surface area (Å²) in [5.74, 6) is -1.88. The van der Waals surface area contributed by atoms with Gasteiger partial charge in [-0.15, -0.1) is 0 Å². The van der Waals surface area contributed by atoms with Crippen LogP contribution in [-0.4, -0.2) is 24.0 Å². The number of ether oxygens (including phenoxy) is 1. The molecule has 1 aliphatic rings. The zero-order valence-corrected chi connectivity index (χ0v) is 11.9. The van der Waals surface area contributed by atoms with Crippen LogP contribution < -0.4 is 5.32 Å². The highest BCUT2D eigenvalue weighted by Gasteiger charge is 2.27. The second-order valence-electron chi connectivity index (χ2n) is 4.45. The van der Waals surface area contributed by atoms with Crippen molar-refractivity contribution < 1.29 is 18.7 Å². The van der Waals surface area contributed by atoms with Gasteiger partial charge in [0.1, 0.15) is 5.82 Å². The number of esters is 1. The summed E-state index contributed by atoms with van der Waals surface area (Å²) in [6.07, 6.45) is 0.964. The number of hydrogen-bond donors (Lipinski definition) is 1. The minimum atomic E-state index is -0.938. The Bertz CT molecular complexity index is 517. The van der Waals surface area contributed by atoms with Crippen LogP contribution in [0.3, 0.4) is 0 Å². The van der Waals surface area contributed by atoms with Gasteiger partial charge < -0.3 is 10.1 Å². The van der Waals surface area contributed by atoms with Gasteiger partial charge in [0.05, 0.1) is 5.56 Å². The van der Waals surface area contributed by atoms with E-state index in [4.69, 9.17) is 4.74 Å². The lowest BCUT2D eigenvalue weighted by molar-refractivity contribution is -0.129. The van der Waals surface area contributed by atoms with E-state index >= 15 is 0 Å². The predicted octanol–water partition coefficient (Wildman–Crippen LogP) is 2.41. The first-order chi connectivity index (χ1) is 8.97. The number of amides is 1. The standard InChI is InChI=1S/C13H13BrFNO3/c1-7(12(17)16-9-3-4-9)19-13(18)10-6-8(14)2-5-11(10)15/h2,5-7,9H,3-4H2,1H3,(H,16,17)/t7-/m1/s1. The highest BCUT2D eigenvalue weighted by Crippen LogP contribution is 2.19. The highest BCUT2D eigenvalue weighted by molar-refractivity contribution is 9.10. The molecule has 2 rings (SSSR count). The Kier molecular flexibility index (Phi) is 4.19. The molecule has 0 radical (unpaired) electrons. The van der Waals surface area contributed by atoms with E-state index in [1.807, 2.05) is 0 Å². The molecule has 1 atom stereocenters. The van der Waals surface area contributed by atoms with Crippen molar-refractivity contribution in [3.05, 3.63) is 34.1 Å². The number of nitrogens with one attached hydrogen (secondary N) is 1. The van der Waals surface area contributed by atoms with Crippen LogP contribution in [0.15, 0.2) is 22.7 Å². The van der Waals surface area contributed by atoms with Crippen LogP contribution in [-0.2, 0) is 9.53 Å². The third-order valence-corrected chi connectivity index (χ3v) is 3.22. The molecule has 0 aliphatic heterocycles. The molecule has 0 aromatic heterocycles. The molecule has 0 heterocycles. The van der Waals surface area contributed by atoms with Gasteiger partial charge in [-0.05, 0) is 38.0 Å². The smallest absolute Gasteiger partial charge is 0.341 e. The summed E-state index contributed by atoms with van der Waals surface area (Å²) >= 11 is 3.15. The van der Waals surface area contributed by atoms with Crippen LogP contribution in [0, 0.1) is 5.82 Å². The van der Waals surface area contributed by atoms with Crippen LogP contribution in [0.2, 0.25) is 0 Å². The molecule has 1 saturated carbocycles. The third-order valence-electron chi connectivity index (χ3n) is 2.73. The molecule has 1 aromatic rings. The minimum Gasteiger partial charge on any atom is -0.449 e. The molecule has 0 unspecified atom stereocenters. The van der Waals surface area contributed by atoms with E-state index in [-0.39, 0.29) is 17.5 Å². The molecule has 1 aromatic carbocycles. The number of carbonyl (C=O) groups is 2. The second-order valence-corrected chi connectivity index (χ2v) is 5.37. The van der Waals surface area contributed by atoms with Crippen molar-refractivity contribution in [1.29, 1.82) is 0 Å². The Morgan fingerprint density at radius 2 is 2.16 bits per heavy atom. The molecule has 6 heteroatoms. The SMILES string of the molecule is C[C@@H](OC(=O)c1cc(Br)ccc1F)C(=O)NC1CC1. The van der Waals surface area contributed by atoms with Crippen LogP contribution in [0.5, 0.6) is 0 Å². The maximum Gasteiger partial charge on any atom is 0.341 e. The summed E-state index contributed by atoms with van der Waals surface area (Å²) in [7, 11) is 0. The summed E-state index contributed by atoms with van der Waals surface area (Å²) in [6.45, 7) is 1.46. The zero-order chi connectivity index (χ0) is 14.0. The monoisotopic (exact) mass is 329 g/mol. The van der Waals surface area contributed by atoms with Crippen molar-refractivity contribution in [2.24, 2.45) is 0 Å². The molecule has 0 spiro atoms. The van der Waals surface area contributed by atoms with Crippen LogP contribution in [0.4, 0.5) is 4.39 Å². The Balaban J connectivity index is 1.99. The van der Waals surface area contributed by atoms with Gasteiger partial charge in [-0.3, -0.25) is 4.79 Å². The Hall–Kier alpha value is -1.43. The number of rotatable bonds is 4. The third kappa shape index (κ3) is 3.76. The molecule has 102 valence electrons. The van der Waals surface area contributed by atoms with Crippen molar-refractivity contribution in [3.8, 4) is 0 Å². The molecule has 4 nitrogen and oxygen atoms in total. The van der Waals surface area contributed by atoms with Gasteiger partial charge in [0.2, 0.25) is 0 Å². The van der Waals surface area contributed by atoms with Gasteiger partial charge in [-0.2, -0.15) is 0 Å². The Morgan fingerprint density at radius 1 is 1.47 bits per heavy atom. The van der Waals surface area contributed by atoms with Gasteiger partial charge in [-0.25, -0.2) is 9.18 Å². The van der Waals surface area contributed by atoms with Gasteiger partial charge >= 0.3 is 5.97 Å². The summed E-state index contributed by atoms with van der Waals surface area (Å²) in [5, 5.41) is 2.72. The molecule has 1 aliphatic carbocycles. The lowest BCUT2D eigenvalue weighted by atomic mass is 10.2. The van der Waals surface area contributed by atoms with Crippen molar-refractivity contribution in [3.63, 3.8) is 0 Å². The van der Waals surface area contributed by atoms with Crippen LogP contribution >= 0.6 is 15.9 Å². The van der Waals surface area contributed by atoms with Gasteiger partial charge in [0.15, 0.2) is 6.10 Å². The Morgan fingerprint density at radius 3 is 2.79 bits per heavy atom. The highest BCUT2D eigenvalue weighted by atomic mass is 79.9. The lowest BCUT2D eigenvalue weighted by Gasteiger charge is -2.13. The quantitative estimate of drug-likeness (QED) is 0.863. The number of halogens is 2. The van der Waals surface area contributed by atoms with Gasteiger partial charge in [0.25, 0.3) is 5.91 Å². The van der Waals surface area contributed by atoms with Crippen molar-refractivity contribution >= 4 is 27.8 Å². The molecule has 19 heavy (non-hydrogen) atoms.